The highest BCUT2D eigenvalue weighted by Crippen LogP contribution is 2.57. The van der Waals surface area contributed by atoms with Crippen LogP contribution in [0.3, 0.4) is 0 Å². The molecule has 6 rings (SSSR count). The number of carbonyl (C=O) groups is 4. The summed E-state index contributed by atoms with van der Waals surface area (Å²) in [7, 11) is 1.55. The van der Waals surface area contributed by atoms with Crippen LogP contribution in [0.25, 0.3) is 0 Å². The summed E-state index contributed by atoms with van der Waals surface area (Å²) in [4.78, 5) is 56.2. The number of rotatable bonds is 4. The van der Waals surface area contributed by atoms with Gasteiger partial charge in [0.15, 0.2) is 0 Å². The molecule has 1 aliphatic carbocycles. The molecule has 8 heteroatoms. The van der Waals surface area contributed by atoms with Gasteiger partial charge in [0.2, 0.25) is 29.0 Å². The molecule has 0 unspecified atom stereocenters. The van der Waals surface area contributed by atoms with E-state index in [0.29, 0.717) is 21.9 Å². The maximum atomic E-state index is 13.8. The van der Waals surface area contributed by atoms with Crippen molar-refractivity contribution in [2.45, 2.75) is 18.2 Å². The fourth-order valence-electron chi connectivity index (χ4n) is 5.60. The summed E-state index contributed by atoms with van der Waals surface area (Å²) in [5, 5.41) is 0.485. The largest absolute Gasteiger partial charge is 0.497 e. The van der Waals surface area contributed by atoms with E-state index in [-0.39, 0.29) is 17.7 Å². The van der Waals surface area contributed by atoms with Gasteiger partial charge < -0.3 is 9.47 Å². The van der Waals surface area contributed by atoms with Crippen LogP contribution in [0.15, 0.2) is 72.8 Å². The van der Waals surface area contributed by atoms with Crippen LogP contribution < -0.4 is 4.74 Å². The Labute approximate surface area is 211 Å². The molecule has 3 aliphatic rings. The minimum Gasteiger partial charge on any atom is -0.497 e. The standard InChI is InChI=1S/C28H20ClNO6/c1-35-18-12-6-15(7-13-18)14-30-26(33)21-22(27(30)34)28(36-23(21)16-8-10-17(29)11-9-16)24(31)19-4-2-3-5-20(19)25(28)32/h2-13,21-23H,14H2,1H3/t21-,22-,23+/m0/s1. The molecule has 2 heterocycles. The van der Waals surface area contributed by atoms with Crippen LogP contribution in [-0.4, -0.2) is 41.0 Å². The summed E-state index contributed by atoms with van der Waals surface area (Å²) >= 11 is 6.06. The third-order valence-corrected chi connectivity index (χ3v) is 7.56. The van der Waals surface area contributed by atoms with Crippen LogP contribution in [0.4, 0.5) is 0 Å². The van der Waals surface area contributed by atoms with Crippen LogP contribution in [0.5, 0.6) is 5.75 Å². The monoisotopic (exact) mass is 501 g/mol. The molecule has 3 aromatic carbocycles. The minimum atomic E-state index is -2.08. The number of halogens is 1. The maximum absolute atomic E-state index is 13.8. The number of benzene rings is 3. The first-order chi connectivity index (χ1) is 17.4. The zero-order valence-corrected chi connectivity index (χ0v) is 19.9. The lowest BCUT2D eigenvalue weighted by molar-refractivity contribution is -0.145. The van der Waals surface area contributed by atoms with E-state index in [0.717, 1.165) is 4.90 Å². The Morgan fingerprint density at radius 2 is 1.47 bits per heavy atom. The number of ether oxygens (including phenoxy) is 2. The van der Waals surface area contributed by atoms with Crippen LogP contribution in [0, 0.1) is 11.8 Å². The molecule has 3 aromatic rings. The first-order valence-electron chi connectivity index (χ1n) is 11.5. The average molecular weight is 502 g/mol. The lowest BCUT2D eigenvalue weighted by atomic mass is 9.77. The van der Waals surface area contributed by atoms with Gasteiger partial charge in [-0.05, 0) is 35.4 Å². The summed E-state index contributed by atoms with van der Waals surface area (Å²) in [6, 6.07) is 20.1. The van der Waals surface area contributed by atoms with E-state index in [1.54, 1.807) is 79.9 Å². The Hall–Kier alpha value is -3.81. The molecule has 7 nitrogen and oxygen atoms in total. The zero-order valence-electron chi connectivity index (χ0n) is 19.1. The molecular formula is C28H20ClNO6. The predicted molar refractivity (Wildman–Crippen MR) is 129 cm³/mol. The summed E-state index contributed by atoms with van der Waals surface area (Å²) in [6.07, 6.45) is -0.966. The van der Waals surface area contributed by atoms with Gasteiger partial charge in [0, 0.05) is 16.1 Å². The molecule has 0 radical (unpaired) electrons. The third-order valence-electron chi connectivity index (χ3n) is 7.31. The lowest BCUT2D eigenvalue weighted by Crippen LogP contribution is -2.50. The number of ketones is 2. The first-order valence-corrected chi connectivity index (χ1v) is 11.8. The molecule has 2 fully saturated rings. The Kier molecular flexibility index (Phi) is 5.10. The van der Waals surface area contributed by atoms with Gasteiger partial charge in [-0.2, -0.15) is 0 Å². The Balaban J connectivity index is 1.45. The average Bonchev–Trinajstić information content (AvgIpc) is 3.46. The number of fused-ring (bicyclic) bond motifs is 3. The van der Waals surface area contributed by atoms with Gasteiger partial charge in [-0.25, -0.2) is 0 Å². The smallest absolute Gasteiger partial charge is 0.237 e. The number of hydrogen-bond donors (Lipinski definition) is 0. The SMILES string of the molecule is COc1ccc(CN2C(=O)[C@@H]3[C@@H](c4ccc(Cl)cc4)OC4(C(=O)c5ccccc5C4=O)[C@@H]3C2=O)cc1. The van der Waals surface area contributed by atoms with Crippen molar-refractivity contribution in [2.75, 3.05) is 7.11 Å². The van der Waals surface area contributed by atoms with Gasteiger partial charge in [-0.15, -0.1) is 0 Å². The van der Waals surface area contributed by atoms with E-state index in [2.05, 4.69) is 0 Å². The molecule has 2 aliphatic heterocycles. The second-order valence-corrected chi connectivity index (χ2v) is 9.58. The minimum absolute atomic E-state index is 0.00735. The van der Waals surface area contributed by atoms with Crippen molar-refractivity contribution in [1.29, 1.82) is 0 Å². The van der Waals surface area contributed by atoms with Crippen molar-refractivity contribution >= 4 is 35.0 Å². The van der Waals surface area contributed by atoms with Gasteiger partial charge in [0.1, 0.15) is 5.75 Å². The van der Waals surface area contributed by atoms with Gasteiger partial charge in [0.05, 0.1) is 31.6 Å². The van der Waals surface area contributed by atoms with Crippen LogP contribution >= 0.6 is 11.6 Å². The van der Waals surface area contributed by atoms with E-state index in [1.165, 1.54) is 0 Å². The number of likely N-dealkylation sites (tertiary alicyclic amines) is 1. The Morgan fingerprint density at radius 3 is 2.06 bits per heavy atom. The van der Waals surface area contributed by atoms with Crippen molar-refractivity contribution in [1.82, 2.24) is 4.90 Å². The van der Waals surface area contributed by atoms with Crippen molar-refractivity contribution in [3.8, 4) is 5.75 Å². The van der Waals surface area contributed by atoms with Crippen LogP contribution in [-0.2, 0) is 20.9 Å². The molecule has 1 spiro atoms. The van der Waals surface area contributed by atoms with E-state index in [4.69, 9.17) is 21.1 Å². The molecule has 180 valence electrons. The quantitative estimate of drug-likeness (QED) is 0.396. The number of carbonyl (C=O) groups excluding carboxylic acids is 4. The van der Waals surface area contributed by atoms with E-state index in [1.807, 2.05) is 0 Å². The molecule has 36 heavy (non-hydrogen) atoms. The second kappa shape index (κ2) is 8.11. The molecule has 0 N–H and O–H groups in total. The third kappa shape index (κ3) is 3.03. The van der Waals surface area contributed by atoms with E-state index < -0.39 is 46.9 Å². The van der Waals surface area contributed by atoms with E-state index >= 15 is 0 Å². The number of hydrogen-bond acceptors (Lipinski definition) is 6. The highest BCUT2D eigenvalue weighted by atomic mass is 35.5. The number of Topliss-reactive ketones (excluding diaryl/α,β-unsaturated/α-hetero) is 2. The summed E-state index contributed by atoms with van der Waals surface area (Å²) in [5.41, 5.74) is -0.406. The number of imide groups is 1. The molecular weight excluding hydrogens is 482 g/mol. The van der Waals surface area contributed by atoms with E-state index in [9.17, 15) is 19.2 Å². The highest BCUT2D eigenvalue weighted by molar-refractivity contribution is 6.35. The molecule has 3 atom stereocenters. The van der Waals surface area contributed by atoms with Crippen molar-refractivity contribution in [3.63, 3.8) is 0 Å². The lowest BCUT2D eigenvalue weighted by Gasteiger charge is -2.27. The van der Waals surface area contributed by atoms with Crippen LogP contribution in [0.1, 0.15) is 37.9 Å². The number of methoxy groups -OCH3 is 1. The summed E-state index contributed by atoms with van der Waals surface area (Å²) in [6.45, 7) is 0.00735. The Morgan fingerprint density at radius 1 is 0.861 bits per heavy atom. The molecule has 0 saturated carbocycles. The van der Waals surface area contributed by atoms with Crippen LogP contribution in [0.2, 0.25) is 5.02 Å². The number of amides is 2. The fraction of sp³-hybridized carbons (Fsp3) is 0.214. The highest BCUT2D eigenvalue weighted by Gasteiger charge is 2.74. The van der Waals surface area contributed by atoms with Crippen molar-refractivity contribution in [2.24, 2.45) is 11.8 Å². The zero-order chi connectivity index (χ0) is 25.2. The number of nitrogens with zero attached hydrogens (tertiary/aromatic N) is 1. The van der Waals surface area contributed by atoms with Gasteiger partial charge >= 0.3 is 0 Å². The molecule has 2 saturated heterocycles. The van der Waals surface area contributed by atoms with Gasteiger partial charge in [-0.1, -0.05) is 60.1 Å². The fourth-order valence-corrected chi connectivity index (χ4v) is 5.73. The molecule has 0 aromatic heterocycles. The van der Waals surface area contributed by atoms with Gasteiger partial charge in [0.25, 0.3) is 0 Å². The topological polar surface area (TPSA) is 90.0 Å². The molecule has 0 bridgehead atoms. The summed E-state index contributed by atoms with van der Waals surface area (Å²) in [5.74, 6) is -3.88. The first kappa shape index (κ1) is 22.6. The summed E-state index contributed by atoms with van der Waals surface area (Å²) < 4.78 is 11.4. The van der Waals surface area contributed by atoms with Crippen molar-refractivity contribution in [3.05, 3.63) is 100 Å². The normalized spacial score (nSPS) is 23.9. The maximum Gasteiger partial charge on any atom is 0.237 e. The van der Waals surface area contributed by atoms with Gasteiger partial charge in [-0.3, -0.25) is 24.1 Å². The predicted octanol–water partition coefficient (Wildman–Crippen LogP) is 4.04. The second-order valence-electron chi connectivity index (χ2n) is 9.14. The van der Waals surface area contributed by atoms with Crippen molar-refractivity contribution < 1.29 is 28.7 Å². The molecule has 2 amide bonds. The Bertz CT molecular complexity index is 1400.